The first-order valence-corrected chi connectivity index (χ1v) is 8.07. The van der Waals surface area contributed by atoms with Gasteiger partial charge in [0.1, 0.15) is 5.75 Å². The number of carbonyl (C=O) groups is 1. The summed E-state index contributed by atoms with van der Waals surface area (Å²) in [4.78, 5) is 12.6. The number of carbonyl (C=O) groups excluding carboxylic acids is 1. The molecule has 0 spiro atoms. The molecule has 1 aliphatic heterocycles. The molecule has 1 amide bonds. The summed E-state index contributed by atoms with van der Waals surface area (Å²) in [5, 5.41) is 6.32. The summed E-state index contributed by atoms with van der Waals surface area (Å²) >= 11 is 0. The number of hydrogen-bond acceptors (Lipinski definition) is 3. The van der Waals surface area contributed by atoms with E-state index in [1.807, 2.05) is 56.3 Å². The molecule has 2 aromatic carbocycles. The van der Waals surface area contributed by atoms with Gasteiger partial charge in [-0.3, -0.25) is 4.79 Å². The molecular weight excluding hydrogens is 288 g/mol. The number of anilines is 2. The average Bonchev–Trinajstić information content (AvgIpc) is 2.55. The van der Waals surface area contributed by atoms with Crippen LogP contribution in [0.25, 0.3) is 0 Å². The Morgan fingerprint density at radius 2 is 1.96 bits per heavy atom. The van der Waals surface area contributed by atoms with Crippen LogP contribution in [0.4, 0.5) is 11.4 Å². The Kier molecular flexibility index (Phi) is 4.51. The van der Waals surface area contributed by atoms with Crippen LogP contribution in [0.15, 0.2) is 42.5 Å². The third-order valence-electron chi connectivity index (χ3n) is 3.82. The molecule has 0 saturated carbocycles. The minimum Gasteiger partial charge on any atom is -0.491 e. The molecule has 0 unspecified atom stereocenters. The largest absolute Gasteiger partial charge is 0.491 e. The summed E-state index contributed by atoms with van der Waals surface area (Å²) < 4.78 is 5.61. The lowest BCUT2D eigenvalue weighted by molar-refractivity contribution is 0.102. The monoisotopic (exact) mass is 310 g/mol. The lowest BCUT2D eigenvalue weighted by atomic mass is 9.97. The lowest BCUT2D eigenvalue weighted by Gasteiger charge is -2.20. The number of benzene rings is 2. The van der Waals surface area contributed by atoms with E-state index in [1.165, 1.54) is 0 Å². The molecule has 0 aromatic heterocycles. The van der Waals surface area contributed by atoms with E-state index in [0.29, 0.717) is 0 Å². The van der Waals surface area contributed by atoms with Crippen LogP contribution in [-0.2, 0) is 6.42 Å². The topological polar surface area (TPSA) is 50.4 Å². The van der Waals surface area contributed by atoms with Crippen LogP contribution in [0, 0.1) is 0 Å². The number of hydrogen-bond donors (Lipinski definition) is 2. The Labute approximate surface area is 136 Å². The quantitative estimate of drug-likeness (QED) is 0.894. The fourth-order valence-corrected chi connectivity index (χ4v) is 2.81. The van der Waals surface area contributed by atoms with E-state index in [9.17, 15) is 4.79 Å². The summed E-state index contributed by atoms with van der Waals surface area (Å²) in [6.45, 7) is 4.94. The van der Waals surface area contributed by atoms with Gasteiger partial charge in [0.05, 0.1) is 6.10 Å². The summed E-state index contributed by atoms with van der Waals surface area (Å²) in [5.74, 6) is 0.738. The molecule has 4 heteroatoms. The van der Waals surface area contributed by atoms with Gasteiger partial charge in [-0.1, -0.05) is 6.07 Å². The van der Waals surface area contributed by atoms with E-state index in [1.54, 1.807) is 0 Å². The number of amides is 1. The van der Waals surface area contributed by atoms with Crippen molar-refractivity contribution in [2.75, 3.05) is 17.2 Å². The standard InChI is InChI=1S/C19H22N2O2/c1-13(2)23-15-10-8-14(9-11-15)21-19(22)17-5-3-7-18-16(17)6-4-12-20-18/h3,5,7-11,13,20H,4,6,12H2,1-2H3,(H,21,22). The van der Waals surface area contributed by atoms with Crippen LogP contribution in [0.3, 0.4) is 0 Å². The van der Waals surface area contributed by atoms with Crippen molar-refractivity contribution >= 4 is 17.3 Å². The summed E-state index contributed by atoms with van der Waals surface area (Å²) in [7, 11) is 0. The highest BCUT2D eigenvalue weighted by atomic mass is 16.5. The van der Waals surface area contributed by atoms with Crippen molar-refractivity contribution in [3.05, 3.63) is 53.6 Å². The van der Waals surface area contributed by atoms with Crippen molar-refractivity contribution in [2.24, 2.45) is 0 Å². The predicted octanol–water partition coefficient (Wildman–Crippen LogP) is 4.08. The predicted molar refractivity (Wildman–Crippen MR) is 93.4 cm³/mol. The molecule has 23 heavy (non-hydrogen) atoms. The van der Waals surface area contributed by atoms with Gasteiger partial charge in [-0.05, 0) is 68.7 Å². The first-order valence-electron chi connectivity index (χ1n) is 8.07. The maximum atomic E-state index is 12.6. The van der Waals surface area contributed by atoms with Gasteiger partial charge in [0.15, 0.2) is 0 Å². The van der Waals surface area contributed by atoms with E-state index in [0.717, 1.165) is 47.6 Å². The molecule has 4 nitrogen and oxygen atoms in total. The Balaban J connectivity index is 1.74. The molecule has 1 aliphatic rings. The summed E-state index contributed by atoms with van der Waals surface area (Å²) in [5.41, 5.74) is 3.70. The smallest absolute Gasteiger partial charge is 0.256 e. The van der Waals surface area contributed by atoms with E-state index in [4.69, 9.17) is 4.74 Å². The second-order valence-corrected chi connectivity index (χ2v) is 6.01. The minimum absolute atomic E-state index is 0.0666. The Hall–Kier alpha value is -2.49. The fraction of sp³-hybridized carbons (Fsp3) is 0.316. The second-order valence-electron chi connectivity index (χ2n) is 6.01. The van der Waals surface area contributed by atoms with Gasteiger partial charge in [-0.15, -0.1) is 0 Å². The first kappa shape index (κ1) is 15.4. The van der Waals surface area contributed by atoms with E-state index in [2.05, 4.69) is 10.6 Å². The molecule has 0 fully saturated rings. The third-order valence-corrected chi connectivity index (χ3v) is 3.82. The minimum atomic E-state index is -0.0666. The van der Waals surface area contributed by atoms with Crippen LogP contribution in [0.5, 0.6) is 5.75 Å². The molecule has 0 atom stereocenters. The van der Waals surface area contributed by atoms with Crippen molar-refractivity contribution in [1.29, 1.82) is 0 Å². The maximum absolute atomic E-state index is 12.6. The van der Waals surface area contributed by atoms with Gasteiger partial charge in [0, 0.05) is 23.5 Å². The van der Waals surface area contributed by atoms with Crippen LogP contribution >= 0.6 is 0 Å². The number of ether oxygens (including phenoxy) is 1. The first-order chi connectivity index (χ1) is 11.1. The number of nitrogens with one attached hydrogen (secondary N) is 2. The van der Waals surface area contributed by atoms with Gasteiger partial charge in [-0.25, -0.2) is 0 Å². The zero-order valence-corrected chi connectivity index (χ0v) is 13.6. The SMILES string of the molecule is CC(C)Oc1ccc(NC(=O)c2cccc3c2CCCN3)cc1. The van der Waals surface area contributed by atoms with Gasteiger partial charge in [0.25, 0.3) is 5.91 Å². The van der Waals surface area contributed by atoms with Crippen molar-refractivity contribution in [3.8, 4) is 5.75 Å². The van der Waals surface area contributed by atoms with Crippen molar-refractivity contribution in [3.63, 3.8) is 0 Å². The zero-order chi connectivity index (χ0) is 16.2. The van der Waals surface area contributed by atoms with Crippen molar-refractivity contribution < 1.29 is 9.53 Å². The molecule has 3 rings (SSSR count). The average molecular weight is 310 g/mol. The summed E-state index contributed by atoms with van der Waals surface area (Å²) in [6.07, 6.45) is 2.13. The fourth-order valence-electron chi connectivity index (χ4n) is 2.81. The molecule has 2 aromatic rings. The Morgan fingerprint density at radius 3 is 2.70 bits per heavy atom. The van der Waals surface area contributed by atoms with E-state index >= 15 is 0 Å². The van der Waals surface area contributed by atoms with E-state index in [-0.39, 0.29) is 12.0 Å². The van der Waals surface area contributed by atoms with Crippen molar-refractivity contribution in [1.82, 2.24) is 0 Å². The van der Waals surface area contributed by atoms with Gasteiger partial charge in [0.2, 0.25) is 0 Å². The van der Waals surface area contributed by atoms with Crippen LogP contribution in [0.2, 0.25) is 0 Å². The van der Waals surface area contributed by atoms with Gasteiger partial charge >= 0.3 is 0 Å². The van der Waals surface area contributed by atoms with Crippen LogP contribution in [-0.4, -0.2) is 18.6 Å². The Morgan fingerprint density at radius 1 is 1.17 bits per heavy atom. The molecule has 120 valence electrons. The normalized spacial score (nSPS) is 13.2. The molecular formula is C19H22N2O2. The molecule has 0 radical (unpaired) electrons. The molecule has 1 heterocycles. The number of fused-ring (bicyclic) bond motifs is 1. The second kappa shape index (κ2) is 6.73. The number of rotatable bonds is 4. The molecule has 0 bridgehead atoms. The lowest BCUT2D eigenvalue weighted by Crippen LogP contribution is -2.19. The van der Waals surface area contributed by atoms with Crippen LogP contribution < -0.4 is 15.4 Å². The van der Waals surface area contributed by atoms with Gasteiger partial charge < -0.3 is 15.4 Å². The molecule has 0 saturated heterocycles. The Bertz CT molecular complexity index is 693. The third kappa shape index (κ3) is 3.65. The molecule has 2 N–H and O–H groups in total. The van der Waals surface area contributed by atoms with Gasteiger partial charge in [-0.2, -0.15) is 0 Å². The zero-order valence-electron chi connectivity index (χ0n) is 13.6. The highest BCUT2D eigenvalue weighted by Gasteiger charge is 2.17. The van der Waals surface area contributed by atoms with E-state index < -0.39 is 0 Å². The highest BCUT2D eigenvalue weighted by molar-refractivity contribution is 6.06. The van der Waals surface area contributed by atoms with Crippen LogP contribution in [0.1, 0.15) is 36.2 Å². The highest BCUT2D eigenvalue weighted by Crippen LogP contribution is 2.26. The van der Waals surface area contributed by atoms with Crippen molar-refractivity contribution in [2.45, 2.75) is 32.8 Å². The molecule has 0 aliphatic carbocycles. The maximum Gasteiger partial charge on any atom is 0.256 e. The summed E-state index contributed by atoms with van der Waals surface area (Å²) in [6, 6.07) is 13.3.